The van der Waals surface area contributed by atoms with Gasteiger partial charge in [-0.25, -0.2) is 0 Å². The van der Waals surface area contributed by atoms with E-state index in [1.807, 2.05) is 48.4 Å². The average molecular weight is 333 g/mol. The standard InChI is InChI=1S/C17H23N3O2S/c1-20-12-14(11-19-20)17-16(4-3-9-22-17)18-10-13-5-7-15(8-6-13)23(2)21/h5-8,11-12,16-18H,3-4,9-10H2,1-2H3/t16-,17+,23?/m0/s1. The molecule has 23 heavy (non-hydrogen) atoms. The van der Waals surface area contributed by atoms with Crippen LogP contribution in [0.2, 0.25) is 0 Å². The number of aryl methyl sites for hydroxylation is 1. The number of nitrogens with zero attached hydrogens (tertiary/aromatic N) is 2. The third-order valence-corrected chi connectivity index (χ3v) is 5.14. The molecule has 0 bridgehead atoms. The molecule has 5 nitrogen and oxygen atoms in total. The van der Waals surface area contributed by atoms with E-state index in [2.05, 4.69) is 10.4 Å². The molecule has 1 aliphatic heterocycles. The Balaban J connectivity index is 1.64. The number of nitrogens with one attached hydrogen (secondary N) is 1. The molecule has 1 aromatic carbocycles. The van der Waals surface area contributed by atoms with Crippen molar-refractivity contribution in [2.24, 2.45) is 7.05 Å². The zero-order valence-electron chi connectivity index (χ0n) is 13.6. The smallest absolute Gasteiger partial charge is 0.101 e. The summed E-state index contributed by atoms with van der Waals surface area (Å²) < 4.78 is 19.2. The van der Waals surface area contributed by atoms with Crippen LogP contribution in [0.15, 0.2) is 41.6 Å². The van der Waals surface area contributed by atoms with Gasteiger partial charge in [-0.2, -0.15) is 5.10 Å². The fourth-order valence-corrected chi connectivity index (χ4v) is 3.47. The van der Waals surface area contributed by atoms with Crippen molar-refractivity contribution in [3.63, 3.8) is 0 Å². The van der Waals surface area contributed by atoms with Gasteiger partial charge in [0.2, 0.25) is 0 Å². The van der Waals surface area contributed by atoms with Gasteiger partial charge in [-0.1, -0.05) is 12.1 Å². The second kappa shape index (κ2) is 7.38. The lowest BCUT2D eigenvalue weighted by Crippen LogP contribution is -2.39. The van der Waals surface area contributed by atoms with Gasteiger partial charge in [0.25, 0.3) is 0 Å². The molecule has 2 heterocycles. The summed E-state index contributed by atoms with van der Waals surface area (Å²) in [4.78, 5) is 0.864. The molecule has 0 saturated carbocycles. The second-order valence-electron chi connectivity index (χ2n) is 5.97. The van der Waals surface area contributed by atoms with E-state index in [0.29, 0.717) is 0 Å². The Kier molecular flexibility index (Phi) is 5.25. The van der Waals surface area contributed by atoms with Crippen molar-refractivity contribution in [2.75, 3.05) is 12.9 Å². The topological polar surface area (TPSA) is 56.1 Å². The van der Waals surface area contributed by atoms with Crippen LogP contribution in [-0.2, 0) is 29.1 Å². The van der Waals surface area contributed by atoms with Crippen molar-refractivity contribution >= 4 is 10.8 Å². The van der Waals surface area contributed by atoms with Crippen molar-refractivity contribution in [3.8, 4) is 0 Å². The summed E-state index contributed by atoms with van der Waals surface area (Å²) in [5.74, 6) is 0. The monoisotopic (exact) mass is 333 g/mol. The summed E-state index contributed by atoms with van der Waals surface area (Å²) in [6.07, 6.45) is 7.83. The van der Waals surface area contributed by atoms with E-state index in [1.165, 1.54) is 5.56 Å². The average Bonchev–Trinajstić information content (AvgIpc) is 3.00. The summed E-state index contributed by atoms with van der Waals surface area (Å²) in [5, 5.41) is 7.86. The first-order valence-corrected chi connectivity index (χ1v) is 9.45. The van der Waals surface area contributed by atoms with Gasteiger partial charge in [0.1, 0.15) is 6.10 Å². The van der Waals surface area contributed by atoms with Crippen molar-refractivity contribution in [3.05, 3.63) is 47.8 Å². The van der Waals surface area contributed by atoms with Crippen LogP contribution in [0.1, 0.15) is 30.1 Å². The van der Waals surface area contributed by atoms with Gasteiger partial charge >= 0.3 is 0 Å². The minimum Gasteiger partial charge on any atom is -0.372 e. The third-order valence-electron chi connectivity index (χ3n) is 4.20. The Morgan fingerprint density at radius 1 is 1.39 bits per heavy atom. The van der Waals surface area contributed by atoms with Crippen LogP contribution >= 0.6 is 0 Å². The Morgan fingerprint density at radius 3 is 2.83 bits per heavy atom. The minimum atomic E-state index is -0.923. The molecule has 1 fully saturated rings. The van der Waals surface area contributed by atoms with Crippen LogP contribution in [-0.4, -0.2) is 32.9 Å². The van der Waals surface area contributed by atoms with Crippen molar-refractivity contribution < 1.29 is 8.95 Å². The Morgan fingerprint density at radius 2 is 2.17 bits per heavy atom. The molecule has 1 saturated heterocycles. The third kappa shape index (κ3) is 4.07. The molecule has 0 spiro atoms. The predicted molar refractivity (Wildman–Crippen MR) is 90.5 cm³/mol. The summed E-state index contributed by atoms with van der Waals surface area (Å²) >= 11 is 0. The van der Waals surface area contributed by atoms with Crippen LogP contribution in [0.4, 0.5) is 0 Å². The number of rotatable bonds is 5. The molecule has 0 aliphatic carbocycles. The maximum Gasteiger partial charge on any atom is 0.101 e. The number of aromatic nitrogens is 2. The summed E-state index contributed by atoms with van der Waals surface area (Å²) in [6.45, 7) is 1.58. The highest BCUT2D eigenvalue weighted by Crippen LogP contribution is 2.28. The highest BCUT2D eigenvalue weighted by molar-refractivity contribution is 7.84. The van der Waals surface area contributed by atoms with Crippen LogP contribution in [0.5, 0.6) is 0 Å². The summed E-state index contributed by atoms with van der Waals surface area (Å²) in [6, 6.07) is 8.22. The van der Waals surface area contributed by atoms with Gasteiger partial charge in [0, 0.05) is 60.0 Å². The van der Waals surface area contributed by atoms with Crippen molar-refractivity contribution in [2.45, 2.75) is 36.4 Å². The number of ether oxygens (including phenoxy) is 1. The Bertz CT molecular complexity index is 669. The summed E-state index contributed by atoms with van der Waals surface area (Å²) in [7, 11) is 1.00. The molecule has 0 amide bonds. The van der Waals surface area contributed by atoms with Crippen molar-refractivity contribution in [1.29, 1.82) is 0 Å². The molecule has 1 aromatic heterocycles. The van der Waals surface area contributed by atoms with Gasteiger partial charge in [0.15, 0.2) is 0 Å². The molecule has 124 valence electrons. The Labute approximate surface area is 139 Å². The molecular formula is C17H23N3O2S. The lowest BCUT2D eigenvalue weighted by molar-refractivity contribution is -0.0112. The minimum absolute atomic E-state index is 0.0554. The van der Waals surface area contributed by atoms with Crippen LogP contribution in [0, 0.1) is 0 Å². The van der Waals surface area contributed by atoms with E-state index in [-0.39, 0.29) is 12.1 Å². The summed E-state index contributed by atoms with van der Waals surface area (Å²) in [5.41, 5.74) is 2.32. The largest absolute Gasteiger partial charge is 0.372 e. The molecule has 3 atom stereocenters. The van der Waals surface area contributed by atoms with Gasteiger partial charge in [-0.3, -0.25) is 8.89 Å². The van der Waals surface area contributed by atoms with Crippen LogP contribution in [0.25, 0.3) is 0 Å². The maximum absolute atomic E-state index is 11.4. The normalized spacial score (nSPS) is 22.9. The number of hydrogen-bond donors (Lipinski definition) is 1. The van der Waals surface area contributed by atoms with Crippen molar-refractivity contribution in [1.82, 2.24) is 15.1 Å². The van der Waals surface area contributed by atoms with E-state index >= 15 is 0 Å². The first-order chi connectivity index (χ1) is 11.1. The molecule has 1 aliphatic rings. The lowest BCUT2D eigenvalue weighted by atomic mass is 9.98. The van der Waals surface area contributed by atoms with E-state index in [1.54, 1.807) is 6.26 Å². The van der Waals surface area contributed by atoms with Gasteiger partial charge in [-0.15, -0.1) is 0 Å². The zero-order chi connectivity index (χ0) is 16.2. The molecule has 6 heteroatoms. The van der Waals surface area contributed by atoms with E-state index in [4.69, 9.17) is 4.74 Å². The van der Waals surface area contributed by atoms with E-state index in [9.17, 15) is 4.21 Å². The van der Waals surface area contributed by atoms with E-state index < -0.39 is 10.8 Å². The molecule has 3 rings (SSSR count). The number of benzene rings is 1. The van der Waals surface area contributed by atoms with E-state index in [0.717, 1.165) is 36.5 Å². The highest BCUT2D eigenvalue weighted by atomic mass is 32.2. The van der Waals surface area contributed by atoms with Gasteiger partial charge < -0.3 is 10.1 Å². The molecule has 1 unspecified atom stereocenters. The second-order valence-corrected chi connectivity index (χ2v) is 7.35. The zero-order valence-corrected chi connectivity index (χ0v) is 14.4. The molecule has 2 aromatic rings. The fourth-order valence-electron chi connectivity index (χ4n) is 2.95. The quantitative estimate of drug-likeness (QED) is 0.911. The fraction of sp³-hybridized carbons (Fsp3) is 0.471. The Hall–Kier alpha value is -1.50. The van der Waals surface area contributed by atoms with Crippen LogP contribution in [0.3, 0.4) is 0 Å². The molecule has 1 N–H and O–H groups in total. The predicted octanol–water partition coefficient (Wildman–Crippen LogP) is 2.17. The first kappa shape index (κ1) is 16.4. The maximum atomic E-state index is 11.4. The molecule has 0 radical (unpaired) electrons. The number of hydrogen-bond acceptors (Lipinski definition) is 4. The molecular weight excluding hydrogens is 310 g/mol. The van der Waals surface area contributed by atoms with Crippen LogP contribution < -0.4 is 5.32 Å². The lowest BCUT2D eigenvalue weighted by Gasteiger charge is -2.32. The SMILES string of the molecule is Cn1cc([C@H]2OCCC[C@@H]2NCc2ccc(S(C)=O)cc2)cn1. The van der Waals surface area contributed by atoms with Gasteiger partial charge in [0.05, 0.1) is 6.20 Å². The van der Waals surface area contributed by atoms with Gasteiger partial charge in [-0.05, 0) is 30.5 Å². The first-order valence-electron chi connectivity index (χ1n) is 7.89. The highest BCUT2D eigenvalue weighted by Gasteiger charge is 2.27.